The third kappa shape index (κ3) is 3.04. The highest BCUT2D eigenvalue weighted by atomic mass is 16.7. The summed E-state index contributed by atoms with van der Waals surface area (Å²) in [6.45, 7) is -0.848. The molecule has 0 amide bonds. The first-order valence-electron chi connectivity index (χ1n) is 3.17. The molecule has 0 aromatic carbocycles. The van der Waals surface area contributed by atoms with Crippen molar-refractivity contribution in [1.82, 2.24) is 0 Å². The lowest BCUT2D eigenvalue weighted by molar-refractivity contribution is -0.245. The summed E-state index contributed by atoms with van der Waals surface area (Å²) >= 11 is 0. The van der Waals surface area contributed by atoms with Crippen molar-refractivity contribution in [3.8, 4) is 0 Å². The molecule has 0 atom stereocenters. The maximum absolute atomic E-state index is 9.98. The number of rotatable bonds is 5. The lowest BCUT2D eigenvalue weighted by Gasteiger charge is -2.27. The highest BCUT2D eigenvalue weighted by Crippen LogP contribution is 2.10. The van der Waals surface area contributed by atoms with E-state index in [9.17, 15) is 4.79 Å². The van der Waals surface area contributed by atoms with Gasteiger partial charge in [-0.1, -0.05) is 0 Å². The van der Waals surface area contributed by atoms with Gasteiger partial charge in [-0.25, -0.2) is 4.79 Å². The first kappa shape index (κ1) is 11.2. The average molecular weight is 180 g/mol. The molecule has 0 bridgehead atoms. The predicted molar refractivity (Wildman–Crippen MR) is 37.8 cm³/mol. The summed E-state index contributed by atoms with van der Waals surface area (Å²) in [5.74, 6) is -1.39. The van der Waals surface area contributed by atoms with Crippen LogP contribution in [0.5, 0.6) is 0 Å². The Morgan fingerprint density at radius 3 is 2.17 bits per heavy atom. The van der Waals surface area contributed by atoms with Gasteiger partial charge in [0, 0.05) is 14.2 Å². The molecule has 0 aliphatic heterocycles. The molecule has 0 radical (unpaired) electrons. The molecule has 0 aromatic rings. The van der Waals surface area contributed by atoms with Gasteiger partial charge in [0.2, 0.25) is 5.79 Å². The van der Waals surface area contributed by atoms with Crippen molar-refractivity contribution < 1.29 is 29.2 Å². The van der Waals surface area contributed by atoms with Crippen LogP contribution in [0, 0.1) is 0 Å². The predicted octanol–water partition coefficient (Wildman–Crippen LogP) is -0.338. The van der Waals surface area contributed by atoms with Crippen LogP contribution in [0.15, 0.2) is 0 Å². The fourth-order valence-electron chi connectivity index (χ4n) is 0.548. The van der Waals surface area contributed by atoms with E-state index in [1.165, 1.54) is 14.2 Å². The zero-order valence-corrected chi connectivity index (χ0v) is 6.94. The Hall–Kier alpha value is -0.850. The maximum Gasteiger partial charge on any atom is 0.505 e. The quantitative estimate of drug-likeness (QED) is 0.444. The van der Waals surface area contributed by atoms with Crippen molar-refractivity contribution in [3.05, 3.63) is 0 Å². The van der Waals surface area contributed by atoms with Gasteiger partial charge in [0.25, 0.3) is 0 Å². The van der Waals surface area contributed by atoms with Crippen LogP contribution in [0.4, 0.5) is 4.79 Å². The summed E-state index contributed by atoms with van der Waals surface area (Å²) in [6, 6.07) is 0. The monoisotopic (exact) mass is 180 g/mol. The standard InChI is InChI=1S/C6H12O6/c1-10-6(3-7,11-2)4-12-5(8)9/h7H,3-4H2,1-2H3,(H,8,9). The van der Waals surface area contributed by atoms with Gasteiger partial charge in [-0.05, 0) is 0 Å². The molecule has 72 valence electrons. The van der Waals surface area contributed by atoms with Gasteiger partial charge in [-0.3, -0.25) is 0 Å². The highest BCUT2D eigenvalue weighted by Gasteiger charge is 2.30. The zero-order valence-electron chi connectivity index (χ0n) is 6.94. The molecule has 0 rings (SSSR count). The molecule has 0 saturated carbocycles. The van der Waals surface area contributed by atoms with Crippen LogP contribution in [0.25, 0.3) is 0 Å². The molecule has 0 spiro atoms. The van der Waals surface area contributed by atoms with E-state index in [1.807, 2.05) is 0 Å². The van der Waals surface area contributed by atoms with E-state index in [0.29, 0.717) is 0 Å². The maximum atomic E-state index is 9.98. The van der Waals surface area contributed by atoms with E-state index in [2.05, 4.69) is 4.74 Å². The molecule has 0 unspecified atom stereocenters. The third-order valence-corrected chi connectivity index (χ3v) is 1.40. The van der Waals surface area contributed by atoms with E-state index < -0.39 is 18.5 Å². The van der Waals surface area contributed by atoms with Gasteiger partial charge >= 0.3 is 6.16 Å². The van der Waals surface area contributed by atoms with Crippen LogP contribution in [0.3, 0.4) is 0 Å². The zero-order chi connectivity index (χ0) is 9.61. The minimum atomic E-state index is -1.44. The van der Waals surface area contributed by atoms with Crippen molar-refractivity contribution in [2.24, 2.45) is 0 Å². The normalized spacial score (nSPS) is 11.2. The van der Waals surface area contributed by atoms with E-state index >= 15 is 0 Å². The Kier molecular flexibility index (Phi) is 4.57. The van der Waals surface area contributed by atoms with Crippen LogP contribution in [-0.4, -0.2) is 49.6 Å². The number of ether oxygens (including phenoxy) is 3. The summed E-state index contributed by atoms with van der Waals surface area (Å²) < 4.78 is 13.6. The molecular formula is C6H12O6. The molecule has 6 heteroatoms. The van der Waals surface area contributed by atoms with Crippen LogP contribution in [0.2, 0.25) is 0 Å². The molecule has 0 heterocycles. The Bertz CT molecular complexity index is 133. The van der Waals surface area contributed by atoms with Crippen molar-refractivity contribution in [2.75, 3.05) is 27.4 Å². The molecule has 2 N–H and O–H groups in total. The van der Waals surface area contributed by atoms with Crippen LogP contribution in [-0.2, 0) is 14.2 Å². The second-order valence-electron chi connectivity index (χ2n) is 2.03. The second-order valence-corrected chi connectivity index (χ2v) is 2.03. The van der Waals surface area contributed by atoms with E-state index in [-0.39, 0.29) is 6.61 Å². The number of carboxylic acid groups (broad SMARTS) is 1. The fraction of sp³-hybridized carbons (Fsp3) is 0.833. The molecule has 0 aliphatic rings. The van der Waals surface area contributed by atoms with Crippen molar-refractivity contribution in [3.63, 3.8) is 0 Å². The smallest absolute Gasteiger partial charge is 0.450 e. The Morgan fingerprint density at radius 1 is 1.42 bits per heavy atom. The Morgan fingerprint density at radius 2 is 1.92 bits per heavy atom. The molecule has 6 nitrogen and oxygen atoms in total. The number of aliphatic hydroxyl groups excluding tert-OH is 1. The molecule has 12 heavy (non-hydrogen) atoms. The minimum absolute atomic E-state index is 0.369. The van der Waals surface area contributed by atoms with Gasteiger partial charge in [-0.15, -0.1) is 0 Å². The van der Waals surface area contributed by atoms with Gasteiger partial charge in [-0.2, -0.15) is 0 Å². The van der Waals surface area contributed by atoms with Crippen LogP contribution >= 0.6 is 0 Å². The van der Waals surface area contributed by atoms with E-state index in [1.54, 1.807) is 0 Å². The minimum Gasteiger partial charge on any atom is -0.450 e. The summed E-state index contributed by atoms with van der Waals surface area (Å²) in [5.41, 5.74) is 0. The molecule has 0 aliphatic carbocycles. The van der Waals surface area contributed by atoms with Gasteiger partial charge in [0.15, 0.2) is 6.61 Å². The topological polar surface area (TPSA) is 85.2 Å². The highest BCUT2D eigenvalue weighted by molar-refractivity contribution is 5.56. The van der Waals surface area contributed by atoms with E-state index in [4.69, 9.17) is 19.7 Å². The number of carbonyl (C=O) groups is 1. The first-order chi connectivity index (χ1) is 5.60. The third-order valence-electron chi connectivity index (χ3n) is 1.40. The number of hydrogen-bond donors (Lipinski definition) is 2. The van der Waals surface area contributed by atoms with Crippen molar-refractivity contribution >= 4 is 6.16 Å². The number of hydrogen-bond acceptors (Lipinski definition) is 5. The number of methoxy groups -OCH3 is 2. The summed E-state index contributed by atoms with van der Waals surface area (Å²) in [6.07, 6.45) is -1.44. The van der Waals surface area contributed by atoms with Gasteiger partial charge in [0.1, 0.15) is 6.61 Å². The fourth-order valence-corrected chi connectivity index (χ4v) is 0.548. The summed E-state index contributed by atoms with van der Waals surface area (Å²) in [4.78, 5) is 9.98. The lowest BCUT2D eigenvalue weighted by atomic mass is 10.3. The Labute approximate surface area is 69.7 Å². The van der Waals surface area contributed by atoms with Crippen LogP contribution in [0.1, 0.15) is 0 Å². The van der Waals surface area contributed by atoms with Crippen molar-refractivity contribution in [1.29, 1.82) is 0 Å². The molecule has 0 aromatic heterocycles. The summed E-state index contributed by atoms with van der Waals surface area (Å²) in [7, 11) is 2.57. The lowest BCUT2D eigenvalue weighted by Crippen LogP contribution is -2.43. The SMILES string of the molecule is COC(CO)(COC(=O)O)OC. The molecule has 0 saturated heterocycles. The summed E-state index contributed by atoms with van der Waals surface area (Å²) in [5, 5.41) is 16.9. The largest absolute Gasteiger partial charge is 0.505 e. The second kappa shape index (κ2) is 4.91. The van der Waals surface area contributed by atoms with Gasteiger partial charge in [0.05, 0.1) is 0 Å². The first-order valence-corrected chi connectivity index (χ1v) is 3.17. The molecule has 0 fully saturated rings. The average Bonchev–Trinajstić information content (AvgIpc) is 2.08. The number of aliphatic hydroxyl groups is 1. The van der Waals surface area contributed by atoms with E-state index in [0.717, 1.165) is 0 Å². The molecular weight excluding hydrogens is 168 g/mol. The van der Waals surface area contributed by atoms with Crippen molar-refractivity contribution in [2.45, 2.75) is 5.79 Å². The van der Waals surface area contributed by atoms with Crippen LogP contribution < -0.4 is 0 Å². The Balaban J connectivity index is 4.01. The van der Waals surface area contributed by atoms with Gasteiger partial charge < -0.3 is 24.4 Å².